The minimum atomic E-state index is -0.869. The van der Waals surface area contributed by atoms with Gasteiger partial charge in [-0.2, -0.15) is 0 Å². The fraction of sp³-hybridized carbons (Fsp3) is 0.722. The van der Waals surface area contributed by atoms with Crippen LogP contribution in [0.4, 0.5) is 5.69 Å². The molecule has 1 heterocycles. The molecule has 1 aliphatic heterocycles. The predicted molar refractivity (Wildman–Crippen MR) is 274 cm³/mol. The summed E-state index contributed by atoms with van der Waals surface area (Å²) < 4.78 is 29.1. The molecule has 74 heavy (non-hydrogen) atoms. The summed E-state index contributed by atoms with van der Waals surface area (Å²) in [6.07, 6.45) is 2.56. The third-order valence-corrected chi connectivity index (χ3v) is 11.0. The Labute approximate surface area is 438 Å². The van der Waals surface area contributed by atoms with Crippen molar-refractivity contribution in [2.24, 2.45) is 0 Å². The van der Waals surface area contributed by atoms with E-state index in [9.17, 15) is 43.2 Å². The normalized spacial score (nSPS) is 17.2. The number of hydrogen-bond donors (Lipinski definition) is 1. The summed E-state index contributed by atoms with van der Waals surface area (Å²) in [5.74, 6) is -5.24. The van der Waals surface area contributed by atoms with Crippen LogP contribution in [0.3, 0.4) is 0 Å². The van der Waals surface area contributed by atoms with E-state index < -0.39 is 99.7 Å². The average molecular weight is 1040 g/mol. The predicted octanol–water partition coefficient (Wildman–Crippen LogP) is 6.24. The molecule has 1 saturated heterocycles. The Morgan fingerprint density at radius 1 is 0.541 bits per heavy atom. The van der Waals surface area contributed by atoms with Gasteiger partial charge in [-0.25, -0.2) is 4.79 Å². The van der Waals surface area contributed by atoms with Crippen LogP contribution in [0.1, 0.15) is 167 Å². The molecule has 20 heteroatoms. The second kappa shape index (κ2) is 26.8. The molecule has 0 spiro atoms. The minimum absolute atomic E-state index is 0.0336. The van der Waals surface area contributed by atoms with Gasteiger partial charge >= 0.3 is 35.8 Å². The van der Waals surface area contributed by atoms with Gasteiger partial charge in [0.25, 0.3) is 11.8 Å². The fourth-order valence-corrected chi connectivity index (χ4v) is 8.56. The number of ether oxygens (including phenoxy) is 5. The Morgan fingerprint density at radius 2 is 0.919 bits per heavy atom. The second-order valence-corrected chi connectivity index (χ2v) is 24.1. The first kappa shape index (κ1) is 62.8. The van der Waals surface area contributed by atoms with Crippen LogP contribution in [0.5, 0.6) is 0 Å². The number of amides is 3. The van der Waals surface area contributed by atoms with Gasteiger partial charge in [-0.3, -0.25) is 53.1 Å². The van der Waals surface area contributed by atoms with Gasteiger partial charge in [0, 0.05) is 56.0 Å². The smallest absolute Gasteiger partial charge is 0.333 e. The molecule has 1 aliphatic carbocycles. The Kier molecular flexibility index (Phi) is 22.8. The van der Waals surface area contributed by atoms with Crippen molar-refractivity contribution in [1.82, 2.24) is 19.8 Å². The standard InChI is InChI=1S/C54H85N5O15/c1-50(2,3)69-45(64)31-56(32-46(65)70-51(4,5)6)38(29-36-23-25-37(26-24-36)55-41(60)21-18-22-44(63)74-59-42(61)27-28-43(59)62)30-57(33-47(66)71-52(7,8)9)39-19-16-17-20-40(39)58(34-48(67)72-53(10,11)12)35-49(68)73-54(13,14)15/h23-26,38-40H,16-22,27-35H2,1-15H3,(H,55,60)/t38-,39?,40+/m1/s1. The van der Waals surface area contributed by atoms with Gasteiger partial charge in [-0.1, -0.05) is 25.0 Å². The van der Waals surface area contributed by atoms with E-state index in [0.717, 1.165) is 18.4 Å². The number of nitrogens with one attached hydrogen (secondary N) is 1. The van der Waals surface area contributed by atoms with Crippen molar-refractivity contribution in [1.29, 1.82) is 0 Å². The molecule has 1 aromatic rings. The lowest BCUT2D eigenvalue weighted by Crippen LogP contribution is -2.60. The summed E-state index contributed by atoms with van der Waals surface area (Å²) in [5, 5.41) is 3.28. The number of anilines is 1. The Bertz CT molecular complexity index is 2050. The highest BCUT2D eigenvalue weighted by molar-refractivity contribution is 6.01. The highest BCUT2D eigenvalue weighted by Gasteiger charge is 2.41. The van der Waals surface area contributed by atoms with Gasteiger partial charge in [0.1, 0.15) is 28.0 Å². The molecule has 0 aromatic heterocycles. The van der Waals surface area contributed by atoms with E-state index in [1.807, 2.05) is 4.90 Å². The van der Waals surface area contributed by atoms with Gasteiger partial charge in [0.05, 0.1) is 32.7 Å². The molecule has 416 valence electrons. The monoisotopic (exact) mass is 1040 g/mol. The molecule has 3 amide bonds. The number of carbonyl (C=O) groups is 9. The van der Waals surface area contributed by atoms with E-state index in [0.29, 0.717) is 23.6 Å². The van der Waals surface area contributed by atoms with Gasteiger partial charge in [-0.05, 0) is 147 Å². The molecule has 3 atom stereocenters. The van der Waals surface area contributed by atoms with Crippen molar-refractivity contribution < 1.29 is 71.7 Å². The summed E-state index contributed by atoms with van der Waals surface area (Å²) in [6, 6.07) is 5.29. The lowest BCUT2D eigenvalue weighted by molar-refractivity contribution is -0.197. The fourth-order valence-electron chi connectivity index (χ4n) is 8.56. The first-order valence-corrected chi connectivity index (χ1v) is 25.7. The number of imide groups is 1. The Hall–Kier alpha value is -5.47. The van der Waals surface area contributed by atoms with E-state index in [1.165, 1.54) is 0 Å². The van der Waals surface area contributed by atoms with Crippen LogP contribution < -0.4 is 5.32 Å². The lowest BCUT2D eigenvalue weighted by atomic mass is 9.87. The molecule has 1 N–H and O–H groups in total. The van der Waals surface area contributed by atoms with Crippen LogP contribution in [0.25, 0.3) is 0 Å². The van der Waals surface area contributed by atoms with E-state index >= 15 is 0 Å². The molecule has 1 saturated carbocycles. The quantitative estimate of drug-likeness (QED) is 0.0726. The van der Waals surface area contributed by atoms with Crippen LogP contribution in [0, 0.1) is 0 Å². The number of nitrogens with zero attached hydrogens (tertiary/aromatic N) is 4. The summed E-state index contributed by atoms with van der Waals surface area (Å²) in [5.41, 5.74) is -3.05. The van der Waals surface area contributed by atoms with Crippen LogP contribution in [-0.4, -0.2) is 159 Å². The number of rotatable bonds is 23. The Balaban J connectivity index is 2.10. The first-order chi connectivity index (χ1) is 33.9. The maximum absolute atomic E-state index is 14.1. The van der Waals surface area contributed by atoms with E-state index in [-0.39, 0.29) is 77.8 Å². The third-order valence-electron chi connectivity index (χ3n) is 11.0. The maximum Gasteiger partial charge on any atom is 0.333 e. The van der Waals surface area contributed by atoms with Gasteiger partial charge in [-0.15, -0.1) is 5.06 Å². The first-order valence-electron chi connectivity index (χ1n) is 25.7. The van der Waals surface area contributed by atoms with Crippen molar-refractivity contribution in [3.63, 3.8) is 0 Å². The van der Waals surface area contributed by atoms with Crippen molar-refractivity contribution in [3.05, 3.63) is 29.8 Å². The topological polar surface area (TPSA) is 234 Å². The number of hydrogen-bond acceptors (Lipinski definition) is 18. The maximum atomic E-state index is 14.1. The average Bonchev–Trinajstić information content (AvgIpc) is 3.52. The van der Waals surface area contributed by atoms with E-state index in [4.69, 9.17) is 28.5 Å². The largest absolute Gasteiger partial charge is 0.459 e. The zero-order chi connectivity index (χ0) is 56.0. The van der Waals surface area contributed by atoms with Crippen molar-refractivity contribution in [2.45, 2.75) is 214 Å². The van der Waals surface area contributed by atoms with Crippen LogP contribution in [0.2, 0.25) is 0 Å². The molecule has 0 bridgehead atoms. The molecule has 20 nitrogen and oxygen atoms in total. The van der Waals surface area contributed by atoms with Crippen molar-refractivity contribution >= 4 is 59.2 Å². The number of benzene rings is 1. The number of esters is 5. The third kappa shape index (κ3) is 24.7. The number of hydroxylamine groups is 2. The van der Waals surface area contributed by atoms with Crippen LogP contribution in [0.15, 0.2) is 24.3 Å². The van der Waals surface area contributed by atoms with Crippen molar-refractivity contribution in [2.75, 3.05) is 44.6 Å². The summed E-state index contributed by atoms with van der Waals surface area (Å²) >= 11 is 0. The number of carbonyl (C=O) groups excluding carboxylic acids is 9. The lowest BCUT2D eigenvalue weighted by Gasteiger charge is -2.46. The van der Waals surface area contributed by atoms with Crippen molar-refractivity contribution in [3.8, 4) is 0 Å². The molecule has 2 aliphatic rings. The SMILES string of the molecule is CC(C)(C)OC(=O)CN(C[C@@H](Cc1ccc(NC(=O)CCCC(=O)ON2C(=O)CCC2=O)cc1)N(CC(=O)OC(C)(C)C)CC(=O)OC(C)(C)C)C1CCCC[C@@H]1N(CC(=O)OC(C)(C)C)CC(=O)OC(C)(C)C. The Morgan fingerprint density at radius 3 is 1.32 bits per heavy atom. The molecular weight excluding hydrogens is 959 g/mol. The molecule has 0 radical (unpaired) electrons. The van der Waals surface area contributed by atoms with E-state index in [1.54, 1.807) is 138 Å². The molecule has 2 fully saturated rings. The molecule has 1 aromatic carbocycles. The second-order valence-electron chi connectivity index (χ2n) is 24.1. The molecule has 1 unspecified atom stereocenters. The highest BCUT2D eigenvalue weighted by Crippen LogP contribution is 2.30. The van der Waals surface area contributed by atoms with Gasteiger partial charge in [0.15, 0.2) is 0 Å². The molecular formula is C54H85N5O15. The van der Waals surface area contributed by atoms with Gasteiger partial charge in [0.2, 0.25) is 5.91 Å². The molecule has 3 rings (SSSR count). The highest BCUT2D eigenvalue weighted by atomic mass is 16.7. The zero-order valence-corrected chi connectivity index (χ0v) is 46.8. The summed E-state index contributed by atoms with van der Waals surface area (Å²) in [7, 11) is 0. The van der Waals surface area contributed by atoms with Crippen LogP contribution >= 0.6 is 0 Å². The summed E-state index contributed by atoms with van der Waals surface area (Å²) in [4.78, 5) is 128. The van der Waals surface area contributed by atoms with Crippen LogP contribution in [-0.2, 0) is 78.1 Å². The summed E-state index contributed by atoms with van der Waals surface area (Å²) in [6.45, 7) is 25.0. The minimum Gasteiger partial charge on any atom is -0.459 e. The zero-order valence-electron chi connectivity index (χ0n) is 46.8. The van der Waals surface area contributed by atoms with Gasteiger partial charge < -0.3 is 33.8 Å². The van der Waals surface area contributed by atoms with E-state index in [2.05, 4.69) is 5.32 Å².